The Bertz CT molecular complexity index is 544. The molecule has 0 spiro atoms. The molecule has 20 heavy (non-hydrogen) atoms. The Labute approximate surface area is 127 Å². The predicted molar refractivity (Wildman–Crippen MR) is 83.5 cm³/mol. The van der Waals surface area contributed by atoms with Crippen molar-refractivity contribution in [2.45, 2.75) is 44.7 Å². The molecule has 0 bridgehead atoms. The maximum absolute atomic E-state index is 12.5. The van der Waals surface area contributed by atoms with Gasteiger partial charge in [-0.2, -0.15) is 0 Å². The first-order valence-electron chi connectivity index (χ1n) is 6.77. The van der Waals surface area contributed by atoms with Gasteiger partial charge in [-0.15, -0.1) is 0 Å². The second-order valence-corrected chi connectivity index (χ2v) is 7.26. The van der Waals surface area contributed by atoms with Crippen LogP contribution >= 0.6 is 11.6 Å². The Morgan fingerprint density at radius 1 is 1.30 bits per heavy atom. The van der Waals surface area contributed by atoms with Gasteiger partial charge in [0.05, 0.1) is 5.02 Å². The van der Waals surface area contributed by atoms with Gasteiger partial charge < -0.3 is 5.32 Å². The molecule has 0 heterocycles. The molecule has 0 aliphatic carbocycles. The number of sulfonamides is 1. The van der Waals surface area contributed by atoms with E-state index in [0.29, 0.717) is 6.54 Å². The summed E-state index contributed by atoms with van der Waals surface area (Å²) in [4.78, 5) is 0.144. The summed E-state index contributed by atoms with van der Waals surface area (Å²) in [7, 11) is -1.79. The van der Waals surface area contributed by atoms with E-state index >= 15 is 0 Å². The van der Waals surface area contributed by atoms with E-state index in [-0.39, 0.29) is 21.9 Å². The highest BCUT2D eigenvalue weighted by Crippen LogP contribution is 2.23. The Balaban J connectivity index is 3.11. The van der Waals surface area contributed by atoms with Gasteiger partial charge in [-0.3, -0.25) is 0 Å². The van der Waals surface area contributed by atoms with Crippen molar-refractivity contribution in [3.63, 3.8) is 0 Å². The minimum Gasteiger partial charge on any atom is -0.316 e. The summed E-state index contributed by atoms with van der Waals surface area (Å²) in [5, 5.41) is 3.24. The Morgan fingerprint density at radius 3 is 2.45 bits per heavy atom. The fourth-order valence-corrected chi connectivity index (χ4v) is 4.04. The maximum atomic E-state index is 12.5. The summed E-state index contributed by atoms with van der Waals surface area (Å²) in [5.74, 6) is 0.231. The highest BCUT2D eigenvalue weighted by molar-refractivity contribution is 7.89. The van der Waals surface area contributed by atoms with Gasteiger partial charge >= 0.3 is 0 Å². The van der Waals surface area contributed by atoms with Gasteiger partial charge in [0, 0.05) is 12.6 Å². The Kier molecular flexibility index (Phi) is 6.45. The molecule has 0 radical (unpaired) electrons. The van der Waals surface area contributed by atoms with Crippen LogP contribution in [0.2, 0.25) is 5.02 Å². The molecule has 1 rings (SSSR count). The van der Waals surface area contributed by atoms with Crippen LogP contribution in [-0.4, -0.2) is 21.5 Å². The van der Waals surface area contributed by atoms with Crippen molar-refractivity contribution in [2.75, 3.05) is 7.05 Å². The van der Waals surface area contributed by atoms with E-state index < -0.39 is 10.0 Å². The Morgan fingerprint density at radius 2 is 1.95 bits per heavy atom. The van der Waals surface area contributed by atoms with Crippen LogP contribution in [0.3, 0.4) is 0 Å². The second kappa shape index (κ2) is 7.41. The lowest BCUT2D eigenvalue weighted by Crippen LogP contribution is -2.38. The fraction of sp³-hybridized carbons (Fsp3) is 0.571. The topological polar surface area (TPSA) is 58.2 Å². The molecule has 1 aromatic carbocycles. The first-order valence-corrected chi connectivity index (χ1v) is 8.63. The molecule has 114 valence electrons. The van der Waals surface area contributed by atoms with Crippen LogP contribution < -0.4 is 10.0 Å². The monoisotopic (exact) mass is 318 g/mol. The van der Waals surface area contributed by atoms with Crippen LogP contribution in [0.4, 0.5) is 0 Å². The average Bonchev–Trinajstić information content (AvgIpc) is 2.38. The number of rotatable bonds is 7. The molecule has 2 N–H and O–H groups in total. The van der Waals surface area contributed by atoms with Crippen LogP contribution in [0.5, 0.6) is 0 Å². The van der Waals surface area contributed by atoms with Crippen molar-refractivity contribution >= 4 is 21.6 Å². The molecule has 4 nitrogen and oxygen atoms in total. The number of hydrogen-bond donors (Lipinski definition) is 2. The molecular weight excluding hydrogens is 296 g/mol. The summed E-state index contributed by atoms with van der Waals surface area (Å²) in [6, 6.07) is 4.97. The second-order valence-electron chi connectivity index (χ2n) is 5.18. The van der Waals surface area contributed by atoms with Crippen LogP contribution in [0.15, 0.2) is 23.1 Å². The third-order valence-electron chi connectivity index (χ3n) is 3.22. The number of nitrogens with one attached hydrogen (secondary N) is 2. The third-order valence-corrected chi connectivity index (χ3v) is 5.19. The van der Waals surface area contributed by atoms with E-state index in [1.54, 1.807) is 12.1 Å². The number of benzene rings is 1. The molecule has 0 saturated heterocycles. The van der Waals surface area contributed by atoms with Crippen molar-refractivity contribution < 1.29 is 8.42 Å². The zero-order chi connectivity index (χ0) is 15.3. The summed E-state index contributed by atoms with van der Waals surface area (Å²) in [5.41, 5.74) is 0.884. The molecule has 0 aliphatic rings. The van der Waals surface area contributed by atoms with E-state index in [0.717, 1.165) is 12.0 Å². The molecule has 0 aromatic heterocycles. The molecule has 0 saturated carbocycles. The van der Waals surface area contributed by atoms with E-state index in [1.807, 2.05) is 33.9 Å². The maximum Gasteiger partial charge on any atom is 0.242 e. The lowest BCUT2D eigenvalue weighted by Gasteiger charge is -2.21. The van der Waals surface area contributed by atoms with Crippen LogP contribution in [0.25, 0.3) is 0 Å². The Hall–Kier alpha value is -0.620. The van der Waals surface area contributed by atoms with Gasteiger partial charge in [-0.05, 0) is 37.1 Å². The first kappa shape index (κ1) is 17.4. The zero-order valence-corrected chi connectivity index (χ0v) is 14.0. The largest absolute Gasteiger partial charge is 0.316 e. The standard InChI is InChI=1S/C14H23ClN2O2S/c1-5-13(10(2)3)17-20(18,19)14-8-11(9-16-4)6-7-12(14)15/h6-8,10,13,16-17H,5,9H2,1-4H3. The van der Waals surface area contributed by atoms with Crippen molar-refractivity contribution in [3.05, 3.63) is 28.8 Å². The molecule has 0 amide bonds. The van der Waals surface area contributed by atoms with Gasteiger partial charge in [0.25, 0.3) is 0 Å². The minimum absolute atomic E-state index is 0.0935. The smallest absolute Gasteiger partial charge is 0.242 e. The number of halogens is 1. The highest BCUT2D eigenvalue weighted by atomic mass is 35.5. The van der Waals surface area contributed by atoms with Crippen molar-refractivity contribution in [1.29, 1.82) is 0 Å². The highest BCUT2D eigenvalue weighted by Gasteiger charge is 2.23. The van der Waals surface area contributed by atoms with E-state index in [4.69, 9.17) is 11.6 Å². The average molecular weight is 319 g/mol. The molecule has 6 heteroatoms. The van der Waals surface area contributed by atoms with Gasteiger partial charge in [0.2, 0.25) is 10.0 Å². The predicted octanol–water partition coefficient (Wildman–Crippen LogP) is 2.77. The van der Waals surface area contributed by atoms with Gasteiger partial charge in [-0.25, -0.2) is 13.1 Å². The van der Waals surface area contributed by atoms with Crippen LogP contribution in [0.1, 0.15) is 32.8 Å². The van der Waals surface area contributed by atoms with Crippen LogP contribution in [0, 0.1) is 5.92 Å². The van der Waals surface area contributed by atoms with Gasteiger partial charge in [0.1, 0.15) is 4.90 Å². The summed E-state index contributed by atoms with van der Waals surface area (Å²) >= 11 is 6.05. The SMILES string of the molecule is CCC(NS(=O)(=O)c1cc(CNC)ccc1Cl)C(C)C. The summed E-state index contributed by atoms with van der Waals surface area (Å²) in [6.07, 6.45) is 0.741. The van der Waals surface area contributed by atoms with Gasteiger partial charge in [-0.1, -0.05) is 38.4 Å². The first-order chi connectivity index (χ1) is 9.31. The normalized spacial score (nSPS) is 13.7. The van der Waals surface area contributed by atoms with E-state index in [1.165, 1.54) is 0 Å². The fourth-order valence-electron chi connectivity index (χ4n) is 2.02. The third kappa shape index (κ3) is 4.45. The molecule has 0 fully saturated rings. The van der Waals surface area contributed by atoms with Crippen molar-refractivity contribution in [1.82, 2.24) is 10.0 Å². The lowest BCUT2D eigenvalue weighted by atomic mass is 10.0. The molecule has 1 atom stereocenters. The molecule has 1 aromatic rings. The minimum atomic E-state index is -3.60. The summed E-state index contributed by atoms with van der Waals surface area (Å²) in [6.45, 7) is 6.55. The van der Waals surface area contributed by atoms with Gasteiger partial charge in [0.15, 0.2) is 0 Å². The molecule has 1 unspecified atom stereocenters. The quantitative estimate of drug-likeness (QED) is 0.812. The molecule has 0 aliphatic heterocycles. The summed E-state index contributed by atoms with van der Waals surface area (Å²) < 4.78 is 27.7. The van der Waals surface area contributed by atoms with Crippen molar-refractivity contribution in [2.24, 2.45) is 5.92 Å². The lowest BCUT2D eigenvalue weighted by molar-refractivity contribution is 0.437. The van der Waals surface area contributed by atoms with E-state index in [2.05, 4.69) is 10.0 Å². The van der Waals surface area contributed by atoms with Crippen LogP contribution in [-0.2, 0) is 16.6 Å². The molecular formula is C14H23ClN2O2S. The van der Waals surface area contributed by atoms with Crippen molar-refractivity contribution in [3.8, 4) is 0 Å². The zero-order valence-electron chi connectivity index (χ0n) is 12.4. The number of hydrogen-bond acceptors (Lipinski definition) is 3. The van der Waals surface area contributed by atoms with E-state index in [9.17, 15) is 8.42 Å².